The monoisotopic (exact) mass is 443 g/mol. The van der Waals surface area contributed by atoms with Gasteiger partial charge in [-0.25, -0.2) is 9.18 Å². The fraction of sp³-hybridized carbons (Fsp3) is 0.259. The number of likely N-dealkylation sites (tertiary alicyclic amines) is 1. The third-order valence-corrected chi connectivity index (χ3v) is 6.69. The van der Waals surface area contributed by atoms with Gasteiger partial charge in [0.2, 0.25) is 0 Å². The smallest absolute Gasteiger partial charge is 0.299 e. The van der Waals surface area contributed by atoms with E-state index in [1.807, 2.05) is 48.5 Å². The number of amides is 3. The summed E-state index contributed by atoms with van der Waals surface area (Å²) in [6.07, 6.45) is 1.07. The highest BCUT2D eigenvalue weighted by molar-refractivity contribution is 6.16. The number of carbonyl (C=O) groups excluding carboxylic acids is 2. The number of imide groups is 1. The van der Waals surface area contributed by atoms with Crippen LogP contribution in [0.3, 0.4) is 0 Å². The second-order valence-corrected chi connectivity index (χ2v) is 8.76. The summed E-state index contributed by atoms with van der Waals surface area (Å²) in [6, 6.07) is 25.3. The lowest BCUT2D eigenvalue weighted by molar-refractivity contribution is -0.132. The SMILES string of the molecule is O=C1N(Cc2ccccc2)C(=O)C2(CCN(Cc3ccccc3)CC2)N1c1ccc(F)cc1. The summed E-state index contributed by atoms with van der Waals surface area (Å²) < 4.78 is 13.6. The molecule has 0 N–H and O–H groups in total. The van der Waals surface area contributed by atoms with Crippen LogP contribution < -0.4 is 4.90 Å². The molecule has 5 rings (SSSR count). The van der Waals surface area contributed by atoms with Gasteiger partial charge in [-0.15, -0.1) is 0 Å². The van der Waals surface area contributed by atoms with E-state index < -0.39 is 5.54 Å². The van der Waals surface area contributed by atoms with Crippen molar-refractivity contribution in [2.24, 2.45) is 0 Å². The van der Waals surface area contributed by atoms with E-state index in [9.17, 15) is 14.0 Å². The Hall–Kier alpha value is -3.51. The van der Waals surface area contributed by atoms with Gasteiger partial charge in [-0.2, -0.15) is 0 Å². The van der Waals surface area contributed by atoms with Crippen molar-refractivity contribution in [1.29, 1.82) is 0 Å². The molecule has 3 aromatic carbocycles. The molecular weight excluding hydrogens is 417 g/mol. The number of anilines is 1. The standard InChI is InChI=1S/C27H26FN3O2/c28-23-11-13-24(14-12-23)31-26(33)30(20-22-9-5-2-6-10-22)25(32)27(31)15-17-29(18-16-27)19-21-7-3-1-4-8-21/h1-14H,15-20H2. The van der Waals surface area contributed by atoms with E-state index in [-0.39, 0.29) is 24.3 Å². The Bertz CT molecular complexity index is 1130. The van der Waals surface area contributed by atoms with Gasteiger partial charge in [0, 0.05) is 25.3 Å². The molecule has 3 aromatic rings. The molecule has 5 nitrogen and oxygen atoms in total. The Labute approximate surface area is 193 Å². The van der Waals surface area contributed by atoms with Crippen LogP contribution in [0.5, 0.6) is 0 Å². The van der Waals surface area contributed by atoms with Gasteiger partial charge in [-0.3, -0.25) is 19.5 Å². The average Bonchev–Trinajstić information content (AvgIpc) is 3.04. The van der Waals surface area contributed by atoms with Crippen molar-refractivity contribution in [3.63, 3.8) is 0 Å². The van der Waals surface area contributed by atoms with Gasteiger partial charge >= 0.3 is 6.03 Å². The van der Waals surface area contributed by atoms with Gasteiger partial charge in [0.15, 0.2) is 0 Å². The van der Waals surface area contributed by atoms with Crippen LogP contribution in [0.2, 0.25) is 0 Å². The minimum absolute atomic E-state index is 0.167. The van der Waals surface area contributed by atoms with Crippen LogP contribution in [0.25, 0.3) is 0 Å². The van der Waals surface area contributed by atoms with E-state index in [1.54, 1.807) is 17.0 Å². The van der Waals surface area contributed by atoms with Crippen LogP contribution in [-0.4, -0.2) is 40.4 Å². The number of carbonyl (C=O) groups is 2. The highest BCUT2D eigenvalue weighted by Crippen LogP contribution is 2.41. The van der Waals surface area contributed by atoms with E-state index in [0.29, 0.717) is 31.6 Å². The lowest BCUT2D eigenvalue weighted by Gasteiger charge is -2.42. The summed E-state index contributed by atoms with van der Waals surface area (Å²) in [5, 5.41) is 0. The van der Waals surface area contributed by atoms with E-state index in [2.05, 4.69) is 17.0 Å². The molecule has 2 fully saturated rings. The number of halogens is 1. The lowest BCUT2D eigenvalue weighted by Crippen LogP contribution is -2.56. The molecular formula is C27H26FN3O2. The topological polar surface area (TPSA) is 43.9 Å². The molecule has 1 spiro atoms. The van der Waals surface area contributed by atoms with E-state index in [0.717, 1.165) is 12.1 Å². The molecule has 6 heteroatoms. The Balaban J connectivity index is 1.43. The number of piperidine rings is 1. The van der Waals surface area contributed by atoms with Crippen molar-refractivity contribution in [2.45, 2.75) is 31.5 Å². The molecule has 0 saturated carbocycles. The highest BCUT2D eigenvalue weighted by Gasteiger charge is 2.58. The van der Waals surface area contributed by atoms with E-state index >= 15 is 0 Å². The number of hydrogen-bond donors (Lipinski definition) is 0. The van der Waals surface area contributed by atoms with Gasteiger partial charge in [0.1, 0.15) is 11.4 Å². The summed E-state index contributed by atoms with van der Waals surface area (Å²) in [4.78, 5) is 32.6. The first-order valence-electron chi connectivity index (χ1n) is 11.3. The number of nitrogens with zero attached hydrogens (tertiary/aromatic N) is 3. The van der Waals surface area contributed by atoms with Crippen molar-refractivity contribution in [2.75, 3.05) is 18.0 Å². The summed E-state index contributed by atoms with van der Waals surface area (Å²) in [5.74, 6) is -0.537. The van der Waals surface area contributed by atoms with Crippen molar-refractivity contribution in [1.82, 2.24) is 9.80 Å². The molecule has 0 unspecified atom stereocenters. The number of hydrogen-bond acceptors (Lipinski definition) is 3. The summed E-state index contributed by atoms with van der Waals surface area (Å²) >= 11 is 0. The lowest BCUT2D eigenvalue weighted by atomic mass is 9.85. The molecule has 2 aliphatic heterocycles. The normalized spacial score (nSPS) is 18.3. The molecule has 0 aliphatic carbocycles. The quantitative estimate of drug-likeness (QED) is 0.531. The first-order valence-corrected chi connectivity index (χ1v) is 11.3. The fourth-order valence-corrected chi connectivity index (χ4v) is 4.95. The predicted octanol–water partition coefficient (Wildman–Crippen LogP) is 4.83. The van der Waals surface area contributed by atoms with Crippen molar-refractivity contribution >= 4 is 17.6 Å². The largest absolute Gasteiger partial charge is 0.332 e. The minimum Gasteiger partial charge on any atom is -0.299 e. The second kappa shape index (κ2) is 8.79. The molecule has 168 valence electrons. The Morgan fingerprint density at radius 1 is 0.727 bits per heavy atom. The minimum atomic E-state index is -0.948. The molecule has 2 heterocycles. The zero-order valence-electron chi connectivity index (χ0n) is 18.4. The van der Waals surface area contributed by atoms with Gasteiger partial charge in [0.25, 0.3) is 5.91 Å². The summed E-state index contributed by atoms with van der Waals surface area (Å²) in [6.45, 7) is 2.44. The first kappa shape index (κ1) is 21.3. The maximum Gasteiger partial charge on any atom is 0.332 e. The number of rotatable bonds is 5. The van der Waals surface area contributed by atoms with Gasteiger partial charge in [-0.05, 0) is 48.2 Å². The molecule has 0 radical (unpaired) electrons. The van der Waals surface area contributed by atoms with Crippen LogP contribution in [0.1, 0.15) is 24.0 Å². The fourth-order valence-electron chi connectivity index (χ4n) is 4.95. The van der Waals surface area contributed by atoms with Crippen LogP contribution in [0.4, 0.5) is 14.9 Å². The van der Waals surface area contributed by atoms with Crippen LogP contribution in [0, 0.1) is 5.82 Å². The van der Waals surface area contributed by atoms with Gasteiger partial charge in [0.05, 0.1) is 6.54 Å². The molecule has 2 saturated heterocycles. The Morgan fingerprint density at radius 3 is 1.85 bits per heavy atom. The van der Waals surface area contributed by atoms with E-state index in [4.69, 9.17) is 0 Å². The second-order valence-electron chi connectivity index (χ2n) is 8.76. The van der Waals surface area contributed by atoms with E-state index in [1.165, 1.54) is 22.6 Å². The number of urea groups is 1. The Kier molecular flexibility index (Phi) is 5.68. The maximum atomic E-state index is 13.8. The molecule has 0 atom stereocenters. The highest BCUT2D eigenvalue weighted by atomic mass is 19.1. The molecule has 0 aromatic heterocycles. The third kappa shape index (κ3) is 4.02. The van der Waals surface area contributed by atoms with Gasteiger partial charge < -0.3 is 0 Å². The van der Waals surface area contributed by atoms with Crippen molar-refractivity contribution in [3.05, 3.63) is 102 Å². The van der Waals surface area contributed by atoms with Gasteiger partial charge in [-0.1, -0.05) is 60.7 Å². The molecule has 33 heavy (non-hydrogen) atoms. The summed E-state index contributed by atoms with van der Waals surface area (Å²) in [5.41, 5.74) is 1.73. The molecule has 3 amide bonds. The molecule has 0 bridgehead atoms. The van der Waals surface area contributed by atoms with Crippen LogP contribution in [0.15, 0.2) is 84.9 Å². The number of benzene rings is 3. The van der Waals surface area contributed by atoms with Crippen molar-refractivity contribution < 1.29 is 14.0 Å². The average molecular weight is 444 g/mol. The molecule has 2 aliphatic rings. The zero-order chi connectivity index (χ0) is 22.8. The third-order valence-electron chi connectivity index (χ3n) is 6.69. The van der Waals surface area contributed by atoms with Crippen LogP contribution in [-0.2, 0) is 17.9 Å². The Morgan fingerprint density at radius 2 is 1.27 bits per heavy atom. The predicted molar refractivity (Wildman–Crippen MR) is 125 cm³/mol. The summed E-state index contributed by atoms with van der Waals surface area (Å²) in [7, 11) is 0. The zero-order valence-corrected chi connectivity index (χ0v) is 18.4. The maximum absolute atomic E-state index is 13.8. The first-order chi connectivity index (χ1) is 16.1. The van der Waals surface area contributed by atoms with Crippen molar-refractivity contribution in [3.8, 4) is 0 Å². The van der Waals surface area contributed by atoms with Crippen LogP contribution >= 0.6 is 0 Å².